The molecule has 0 aromatic heterocycles. The first-order chi connectivity index (χ1) is 9.13. The van der Waals surface area contributed by atoms with Gasteiger partial charge in [-0.15, -0.1) is 0 Å². The molecule has 1 aliphatic carbocycles. The van der Waals surface area contributed by atoms with Crippen LogP contribution in [0.1, 0.15) is 52.4 Å². The van der Waals surface area contributed by atoms with E-state index in [1.807, 2.05) is 23.5 Å². The third-order valence-electron chi connectivity index (χ3n) is 4.21. The zero-order valence-electron chi connectivity index (χ0n) is 12.6. The second kappa shape index (κ2) is 7.26. The van der Waals surface area contributed by atoms with E-state index in [0.29, 0.717) is 10.8 Å². The van der Waals surface area contributed by atoms with Crippen molar-refractivity contribution in [1.29, 1.82) is 0 Å². The Bertz CT molecular complexity index is 309. The van der Waals surface area contributed by atoms with Gasteiger partial charge in [0.2, 0.25) is 0 Å². The van der Waals surface area contributed by atoms with E-state index in [-0.39, 0.29) is 0 Å². The molecule has 0 bridgehead atoms. The smallest absolute Gasteiger partial charge is 0.156 e. The van der Waals surface area contributed by atoms with Crippen LogP contribution in [0.25, 0.3) is 0 Å². The first-order valence-corrected chi connectivity index (χ1v) is 9.83. The summed E-state index contributed by atoms with van der Waals surface area (Å²) in [6, 6.07) is 0.639. The van der Waals surface area contributed by atoms with Gasteiger partial charge in [0.25, 0.3) is 0 Å². The van der Waals surface area contributed by atoms with Gasteiger partial charge in [0, 0.05) is 16.5 Å². The molecule has 1 saturated carbocycles. The average molecular weight is 301 g/mol. The minimum Gasteiger partial charge on any atom is -0.361 e. The summed E-state index contributed by atoms with van der Waals surface area (Å²) in [5.74, 6) is 1.97. The van der Waals surface area contributed by atoms with E-state index < -0.39 is 0 Å². The van der Waals surface area contributed by atoms with Crippen molar-refractivity contribution in [1.82, 2.24) is 5.32 Å². The molecule has 2 fully saturated rings. The van der Waals surface area contributed by atoms with Crippen LogP contribution in [0.2, 0.25) is 0 Å². The molecule has 2 rings (SSSR count). The molecule has 0 radical (unpaired) electrons. The molecule has 1 atom stereocenters. The molecule has 1 N–H and O–H groups in total. The van der Waals surface area contributed by atoms with E-state index in [9.17, 15) is 0 Å². The Balaban J connectivity index is 1.85. The van der Waals surface area contributed by atoms with Crippen LogP contribution >= 0.6 is 23.5 Å². The SMILES string of the molecule is CSC1(CN=C2NC(CC(C)C)CS2)CCCCC1. The molecule has 19 heavy (non-hydrogen) atoms. The molecule has 0 aromatic rings. The van der Waals surface area contributed by atoms with Gasteiger partial charge in [0.1, 0.15) is 0 Å². The molecular formula is C15H28N2S2. The summed E-state index contributed by atoms with van der Waals surface area (Å²) in [6.07, 6.45) is 10.4. The van der Waals surface area contributed by atoms with E-state index in [1.165, 1.54) is 49.4 Å². The van der Waals surface area contributed by atoms with Crippen LogP contribution in [0.15, 0.2) is 4.99 Å². The summed E-state index contributed by atoms with van der Waals surface area (Å²) in [5.41, 5.74) is 0. The minimum atomic E-state index is 0.434. The predicted molar refractivity (Wildman–Crippen MR) is 90.5 cm³/mol. The summed E-state index contributed by atoms with van der Waals surface area (Å²) in [5, 5.41) is 4.81. The van der Waals surface area contributed by atoms with Crippen molar-refractivity contribution < 1.29 is 0 Å². The number of hydrogen-bond donors (Lipinski definition) is 1. The standard InChI is InChI=1S/C15H28N2S2/c1-12(2)9-13-10-19-14(17-13)16-11-15(18-3)7-5-4-6-8-15/h12-13H,4-11H2,1-3H3,(H,16,17). The number of thioether (sulfide) groups is 2. The topological polar surface area (TPSA) is 24.4 Å². The van der Waals surface area contributed by atoms with E-state index in [2.05, 4.69) is 25.4 Å². The molecule has 110 valence electrons. The maximum absolute atomic E-state index is 4.90. The second-order valence-electron chi connectivity index (χ2n) is 6.35. The molecule has 0 spiro atoms. The first-order valence-electron chi connectivity index (χ1n) is 7.62. The molecule has 2 aliphatic rings. The van der Waals surface area contributed by atoms with Crippen LogP contribution in [0, 0.1) is 5.92 Å². The van der Waals surface area contributed by atoms with E-state index in [1.54, 1.807) is 0 Å². The van der Waals surface area contributed by atoms with Gasteiger partial charge in [-0.05, 0) is 31.4 Å². The maximum atomic E-state index is 4.90. The maximum Gasteiger partial charge on any atom is 0.156 e. The summed E-state index contributed by atoms with van der Waals surface area (Å²) in [7, 11) is 0. The summed E-state index contributed by atoms with van der Waals surface area (Å²) in [6.45, 7) is 5.61. The summed E-state index contributed by atoms with van der Waals surface area (Å²) >= 11 is 3.96. The van der Waals surface area contributed by atoms with E-state index in [4.69, 9.17) is 4.99 Å². The lowest BCUT2D eigenvalue weighted by Gasteiger charge is -2.34. The molecular weight excluding hydrogens is 272 g/mol. The van der Waals surface area contributed by atoms with Crippen LogP contribution in [0.4, 0.5) is 0 Å². The third-order valence-corrected chi connectivity index (χ3v) is 6.71. The Hall–Kier alpha value is 0.170. The second-order valence-corrected chi connectivity index (χ2v) is 8.63. The Labute approximate surface area is 127 Å². The molecule has 4 heteroatoms. The molecule has 1 saturated heterocycles. The summed E-state index contributed by atoms with van der Waals surface area (Å²) < 4.78 is 0.434. The van der Waals surface area contributed by atoms with E-state index in [0.717, 1.165) is 12.5 Å². The van der Waals surface area contributed by atoms with Gasteiger partial charge >= 0.3 is 0 Å². The molecule has 2 nitrogen and oxygen atoms in total. The van der Waals surface area contributed by atoms with Crippen molar-refractivity contribution in [2.24, 2.45) is 10.9 Å². The Kier molecular flexibility index (Phi) is 5.94. The lowest BCUT2D eigenvalue weighted by molar-refractivity contribution is 0.405. The molecule has 1 heterocycles. The monoisotopic (exact) mass is 300 g/mol. The van der Waals surface area contributed by atoms with Crippen LogP contribution in [0.5, 0.6) is 0 Å². The Morgan fingerprint density at radius 2 is 2.11 bits per heavy atom. The van der Waals surface area contributed by atoms with Crippen molar-refractivity contribution in [3.8, 4) is 0 Å². The van der Waals surface area contributed by atoms with Crippen molar-refractivity contribution in [2.75, 3.05) is 18.6 Å². The highest BCUT2D eigenvalue weighted by Crippen LogP contribution is 2.39. The normalized spacial score (nSPS) is 28.8. The number of nitrogens with zero attached hydrogens (tertiary/aromatic N) is 1. The fourth-order valence-corrected chi connectivity index (χ4v) is 4.94. The number of aliphatic imine (C=N–C) groups is 1. The third kappa shape index (κ3) is 4.59. The fourth-order valence-electron chi connectivity index (χ4n) is 3.06. The average Bonchev–Trinajstić information content (AvgIpc) is 2.84. The molecule has 1 aliphatic heterocycles. The van der Waals surface area contributed by atoms with Gasteiger partial charge in [0.05, 0.1) is 6.54 Å². The lowest BCUT2D eigenvalue weighted by Crippen LogP contribution is -2.33. The predicted octanol–water partition coefficient (Wildman–Crippen LogP) is 4.16. The van der Waals surface area contributed by atoms with E-state index >= 15 is 0 Å². The highest BCUT2D eigenvalue weighted by Gasteiger charge is 2.31. The van der Waals surface area contributed by atoms with Gasteiger partial charge < -0.3 is 5.32 Å². The number of amidine groups is 1. The van der Waals surface area contributed by atoms with Crippen molar-refractivity contribution in [3.63, 3.8) is 0 Å². The Morgan fingerprint density at radius 1 is 1.37 bits per heavy atom. The zero-order chi connectivity index (χ0) is 13.7. The first kappa shape index (κ1) is 15.6. The highest BCUT2D eigenvalue weighted by molar-refractivity contribution is 8.14. The van der Waals surface area contributed by atoms with Gasteiger partial charge in [-0.2, -0.15) is 11.8 Å². The molecule has 1 unspecified atom stereocenters. The molecule has 0 aromatic carbocycles. The largest absolute Gasteiger partial charge is 0.361 e. The zero-order valence-corrected chi connectivity index (χ0v) is 14.2. The fraction of sp³-hybridized carbons (Fsp3) is 0.933. The van der Waals surface area contributed by atoms with Crippen molar-refractivity contribution >= 4 is 28.7 Å². The van der Waals surface area contributed by atoms with Gasteiger partial charge in [-0.25, -0.2) is 0 Å². The number of hydrogen-bond acceptors (Lipinski definition) is 3. The molecule has 0 amide bonds. The highest BCUT2D eigenvalue weighted by atomic mass is 32.2. The van der Waals surface area contributed by atoms with Crippen LogP contribution in [0.3, 0.4) is 0 Å². The Morgan fingerprint density at radius 3 is 2.74 bits per heavy atom. The summed E-state index contributed by atoms with van der Waals surface area (Å²) in [4.78, 5) is 4.90. The lowest BCUT2D eigenvalue weighted by atomic mass is 9.88. The van der Waals surface area contributed by atoms with Gasteiger partial charge in [0.15, 0.2) is 5.17 Å². The van der Waals surface area contributed by atoms with Crippen LogP contribution in [-0.2, 0) is 0 Å². The number of nitrogens with one attached hydrogen (secondary N) is 1. The van der Waals surface area contributed by atoms with Crippen molar-refractivity contribution in [2.45, 2.75) is 63.2 Å². The van der Waals surface area contributed by atoms with Gasteiger partial charge in [-0.1, -0.05) is 44.9 Å². The number of rotatable bonds is 5. The van der Waals surface area contributed by atoms with Gasteiger partial charge in [-0.3, -0.25) is 4.99 Å². The minimum absolute atomic E-state index is 0.434. The van der Waals surface area contributed by atoms with Crippen molar-refractivity contribution in [3.05, 3.63) is 0 Å². The van der Waals surface area contributed by atoms with Crippen LogP contribution < -0.4 is 5.32 Å². The van der Waals surface area contributed by atoms with Crippen LogP contribution in [-0.4, -0.2) is 34.5 Å². The quantitative estimate of drug-likeness (QED) is 0.825.